The van der Waals surface area contributed by atoms with Crippen LogP contribution in [0.3, 0.4) is 0 Å². The summed E-state index contributed by atoms with van der Waals surface area (Å²) in [4.78, 5) is 20.0. The smallest absolute Gasteiger partial charge is 0.436 e. The van der Waals surface area contributed by atoms with Crippen LogP contribution in [0.5, 0.6) is 5.75 Å². The molecule has 7 nitrogen and oxygen atoms in total. The second kappa shape index (κ2) is 6.48. The van der Waals surface area contributed by atoms with Gasteiger partial charge in [-0.1, -0.05) is 17.0 Å². The molecule has 0 N–H and O–H groups in total. The van der Waals surface area contributed by atoms with Crippen LogP contribution in [0.2, 0.25) is 0 Å². The van der Waals surface area contributed by atoms with Gasteiger partial charge in [0.2, 0.25) is 0 Å². The van der Waals surface area contributed by atoms with Crippen molar-refractivity contribution in [1.82, 2.24) is 14.8 Å². The number of ether oxygens (including phenoxy) is 2. The predicted octanol–water partition coefficient (Wildman–Crippen LogP) is 1.44. The maximum atomic E-state index is 12.0. The number of carbonyl (C=O) groups is 1. The molecule has 1 aliphatic rings. The Morgan fingerprint density at radius 2 is 2.00 bits per heavy atom. The molecule has 2 aromatic rings. The quantitative estimate of drug-likeness (QED) is 0.858. The van der Waals surface area contributed by atoms with Crippen LogP contribution in [-0.2, 0) is 4.74 Å². The van der Waals surface area contributed by atoms with E-state index in [2.05, 4.69) is 5.10 Å². The first-order valence-electron chi connectivity index (χ1n) is 7.02. The van der Waals surface area contributed by atoms with Crippen molar-refractivity contribution in [1.29, 1.82) is 0 Å². The summed E-state index contributed by atoms with van der Waals surface area (Å²) in [6.07, 6.45) is 1.16. The van der Waals surface area contributed by atoms with Crippen molar-refractivity contribution in [2.75, 3.05) is 33.4 Å². The van der Waals surface area contributed by atoms with Gasteiger partial charge < -0.3 is 14.4 Å². The molecular weight excluding hydrogens is 286 g/mol. The number of carbonyl (C=O) groups excluding carboxylic acids is 1. The van der Waals surface area contributed by atoms with Gasteiger partial charge in [-0.05, 0) is 18.2 Å². The summed E-state index contributed by atoms with van der Waals surface area (Å²) in [6.45, 7) is 2.11. The van der Waals surface area contributed by atoms with Gasteiger partial charge in [0.05, 0.1) is 32.2 Å². The molecule has 1 amide bonds. The Morgan fingerprint density at radius 3 is 2.77 bits per heavy atom. The van der Waals surface area contributed by atoms with Gasteiger partial charge in [0.1, 0.15) is 5.75 Å². The Hall–Kier alpha value is -2.54. The second-order valence-electron chi connectivity index (χ2n) is 4.76. The first-order valence-corrected chi connectivity index (χ1v) is 7.02. The maximum absolute atomic E-state index is 12.0. The van der Waals surface area contributed by atoms with Crippen molar-refractivity contribution < 1.29 is 19.1 Å². The molecule has 0 unspecified atom stereocenters. The number of morpholine rings is 1. The lowest BCUT2D eigenvalue weighted by molar-refractivity contribution is 0.0198. The van der Waals surface area contributed by atoms with E-state index in [-0.39, 0.29) is 0 Å². The molecule has 3 rings (SSSR count). The number of hydrogen-bond acceptors (Lipinski definition) is 5. The second-order valence-corrected chi connectivity index (χ2v) is 4.76. The van der Waals surface area contributed by atoms with Crippen LogP contribution in [0, 0.1) is 0 Å². The normalized spacial score (nSPS) is 14.7. The molecule has 0 radical (unpaired) electrons. The third-order valence-corrected chi connectivity index (χ3v) is 3.39. The Bertz CT molecular complexity index is 650. The molecule has 22 heavy (non-hydrogen) atoms. The summed E-state index contributed by atoms with van der Waals surface area (Å²) < 4.78 is 10.5. The van der Waals surface area contributed by atoms with Gasteiger partial charge >= 0.3 is 6.09 Å². The summed E-state index contributed by atoms with van der Waals surface area (Å²) in [6, 6.07) is 9.31. The fourth-order valence-corrected chi connectivity index (χ4v) is 2.24. The zero-order valence-corrected chi connectivity index (χ0v) is 12.3. The van der Waals surface area contributed by atoms with Gasteiger partial charge in [0.15, 0.2) is 0 Å². The minimum atomic E-state index is -0.432. The molecule has 116 valence electrons. The Balaban J connectivity index is 1.72. The number of nitrogens with zero attached hydrogens (tertiary/aromatic N) is 3. The fourth-order valence-electron chi connectivity index (χ4n) is 2.24. The maximum Gasteiger partial charge on any atom is 0.436 e. The molecule has 0 saturated carbocycles. The summed E-state index contributed by atoms with van der Waals surface area (Å²) in [7, 11) is 1.61. The van der Waals surface area contributed by atoms with Gasteiger partial charge in [-0.3, -0.25) is 4.84 Å². The van der Waals surface area contributed by atoms with Crippen molar-refractivity contribution >= 4 is 6.09 Å². The van der Waals surface area contributed by atoms with Crippen molar-refractivity contribution in [2.24, 2.45) is 0 Å². The Labute approximate surface area is 127 Å². The van der Waals surface area contributed by atoms with Crippen LogP contribution in [0.25, 0.3) is 11.3 Å². The first-order chi connectivity index (χ1) is 10.8. The van der Waals surface area contributed by atoms with Gasteiger partial charge in [-0.2, -0.15) is 0 Å². The van der Waals surface area contributed by atoms with Gasteiger partial charge in [0, 0.05) is 18.7 Å². The number of benzene rings is 1. The van der Waals surface area contributed by atoms with E-state index >= 15 is 0 Å². The molecular formula is C15H17N3O4. The molecule has 0 atom stereocenters. The lowest BCUT2D eigenvalue weighted by Gasteiger charge is -2.25. The number of hydrogen-bond donors (Lipinski definition) is 0. The van der Waals surface area contributed by atoms with E-state index in [9.17, 15) is 4.79 Å². The van der Waals surface area contributed by atoms with Gasteiger partial charge in [-0.15, -0.1) is 5.10 Å². The number of para-hydroxylation sites is 1. The van der Waals surface area contributed by atoms with E-state index in [1.54, 1.807) is 24.3 Å². The molecule has 1 aromatic carbocycles. The molecule has 7 heteroatoms. The summed E-state index contributed by atoms with van der Waals surface area (Å²) >= 11 is 0. The largest absolute Gasteiger partial charge is 0.496 e. The van der Waals surface area contributed by atoms with Crippen LogP contribution in [-0.4, -0.2) is 54.4 Å². The molecule has 1 aromatic heterocycles. The van der Waals surface area contributed by atoms with E-state index in [0.717, 1.165) is 5.56 Å². The van der Waals surface area contributed by atoms with Gasteiger partial charge in [0.25, 0.3) is 0 Å². The van der Waals surface area contributed by atoms with Gasteiger partial charge in [-0.25, -0.2) is 4.79 Å². The molecule has 0 spiro atoms. The number of methoxy groups -OCH3 is 1. The van der Waals surface area contributed by atoms with Crippen LogP contribution in [0.15, 0.2) is 36.5 Å². The highest BCUT2D eigenvalue weighted by Gasteiger charge is 2.19. The van der Waals surface area contributed by atoms with E-state index < -0.39 is 6.09 Å². The number of amides is 1. The fraction of sp³-hybridized carbons (Fsp3) is 0.333. The molecule has 0 aliphatic carbocycles. The van der Waals surface area contributed by atoms with Crippen molar-refractivity contribution in [3.8, 4) is 17.0 Å². The van der Waals surface area contributed by atoms with E-state index in [0.29, 0.717) is 37.7 Å². The predicted molar refractivity (Wildman–Crippen MR) is 78.6 cm³/mol. The lowest BCUT2D eigenvalue weighted by atomic mass is 10.1. The standard InChI is InChI=1S/C15H17N3O4/c1-20-14-5-3-2-4-12(14)13-6-7-18(16-13)22-15(19)17-8-10-21-11-9-17/h2-7H,8-11H2,1H3. The van der Waals surface area contributed by atoms with Crippen molar-refractivity contribution in [3.05, 3.63) is 36.5 Å². The summed E-state index contributed by atoms with van der Waals surface area (Å²) in [5.74, 6) is 0.715. The zero-order chi connectivity index (χ0) is 15.4. The van der Waals surface area contributed by atoms with Crippen molar-refractivity contribution in [2.45, 2.75) is 0 Å². The Kier molecular flexibility index (Phi) is 4.24. The first kappa shape index (κ1) is 14.4. The molecule has 0 bridgehead atoms. The molecule has 1 aliphatic heterocycles. The van der Waals surface area contributed by atoms with Crippen LogP contribution in [0.1, 0.15) is 0 Å². The molecule has 2 heterocycles. The zero-order valence-electron chi connectivity index (χ0n) is 12.3. The Morgan fingerprint density at radius 1 is 1.23 bits per heavy atom. The highest BCUT2D eigenvalue weighted by Crippen LogP contribution is 2.27. The molecule has 1 saturated heterocycles. The monoisotopic (exact) mass is 303 g/mol. The average molecular weight is 303 g/mol. The summed E-state index contributed by atoms with van der Waals surface area (Å²) in [5, 5.41) is 4.26. The average Bonchev–Trinajstić information content (AvgIpc) is 3.04. The van der Waals surface area contributed by atoms with E-state index in [1.165, 1.54) is 4.85 Å². The SMILES string of the molecule is COc1ccccc1-c1ccn(OC(=O)N2CCOCC2)n1. The molecule has 1 fully saturated rings. The van der Waals surface area contributed by atoms with Crippen LogP contribution in [0.4, 0.5) is 4.79 Å². The minimum Gasteiger partial charge on any atom is -0.496 e. The van der Waals surface area contributed by atoms with Crippen LogP contribution >= 0.6 is 0 Å². The lowest BCUT2D eigenvalue weighted by Crippen LogP contribution is -2.44. The third-order valence-electron chi connectivity index (χ3n) is 3.39. The highest BCUT2D eigenvalue weighted by molar-refractivity contribution is 5.69. The van der Waals surface area contributed by atoms with Crippen LogP contribution < -0.4 is 9.57 Å². The summed E-state index contributed by atoms with van der Waals surface area (Å²) in [5.41, 5.74) is 1.51. The van der Waals surface area contributed by atoms with E-state index in [4.69, 9.17) is 14.3 Å². The topological polar surface area (TPSA) is 65.8 Å². The van der Waals surface area contributed by atoms with E-state index in [1.807, 2.05) is 24.3 Å². The minimum absolute atomic E-state index is 0.432. The van der Waals surface area contributed by atoms with Crippen molar-refractivity contribution in [3.63, 3.8) is 0 Å². The third kappa shape index (κ3) is 3.04. The number of rotatable bonds is 3. The highest BCUT2D eigenvalue weighted by atomic mass is 16.7. The number of aromatic nitrogens is 2.